The summed E-state index contributed by atoms with van der Waals surface area (Å²) in [6.07, 6.45) is 2.90. The Morgan fingerprint density at radius 2 is 2.45 bits per heavy atom. The normalized spacial score (nSPS) is 18.5. The fourth-order valence-corrected chi connectivity index (χ4v) is 1.07. The van der Waals surface area contributed by atoms with Crippen molar-refractivity contribution in [2.45, 2.75) is 25.3 Å². The van der Waals surface area contributed by atoms with E-state index in [0.717, 1.165) is 12.8 Å². The molecule has 3 nitrogen and oxygen atoms in total. The lowest BCUT2D eigenvalue weighted by Crippen LogP contribution is -2.17. The molecule has 0 aromatic rings. The molecule has 4 heteroatoms. The highest BCUT2D eigenvalue weighted by Gasteiger charge is 2.28. The molecule has 0 unspecified atom stereocenters. The molecule has 0 aromatic heterocycles. The van der Waals surface area contributed by atoms with E-state index in [1.54, 1.807) is 0 Å². The molecule has 0 spiro atoms. The first-order chi connectivity index (χ1) is 5.24. The van der Waals surface area contributed by atoms with E-state index in [1.807, 2.05) is 0 Å². The van der Waals surface area contributed by atoms with E-state index in [2.05, 4.69) is 22.4 Å². The number of carbonyl (C=O) groups is 1. The number of carboxylic acids is 1. The van der Waals surface area contributed by atoms with Crippen LogP contribution in [0.4, 0.5) is 0 Å². The van der Waals surface area contributed by atoms with Crippen LogP contribution in [-0.2, 0) is 4.79 Å². The number of hydrogen-bond acceptors (Lipinski definition) is 3. The minimum Gasteiger partial charge on any atom is -0.480 e. The quantitative estimate of drug-likeness (QED) is 0.513. The summed E-state index contributed by atoms with van der Waals surface area (Å²) >= 11 is 4.34. The van der Waals surface area contributed by atoms with E-state index >= 15 is 0 Å². The molecular weight excluding hydrogens is 162 g/mol. The van der Waals surface area contributed by atoms with Crippen molar-refractivity contribution in [3.8, 4) is 0 Å². The number of thiocarbonyl (C=S) groups is 1. The van der Waals surface area contributed by atoms with Crippen LogP contribution in [0.5, 0.6) is 0 Å². The Morgan fingerprint density at radius 3 is 2.82 bits per heavy atom. The Morgan fingerprint density at radius 1 is 1.82 bits per heavy atom. The second-order valence-corrected chi connectivity index (χ2v) is 2.94. The third kappa shape index (κ3) is 2.78. The predicted molar refractivity (Wildman–Crippen MR) is 43.8 cm³/mol. The Hall–Kier alpha value is -0.730. The second kappa shape index (κ2) is 3.60. The Labute approximate surface area is 70.1 Å². The molecule has 1 fully saturated rings. The maximum Gasteiger partial charge on any atom is 0.329 e. The third-order valence-electron chi connectivity index (χ3n) is 1.75. The average molecular weight is 171 g/mol. The molecular formula is C7H9NO2S. The van der Waals surface area contributed by atoms with Crippen molar-refractivity contribution in [1.82, 2.24) is 0 Å². The van der Waals surface area contributed by atoms with Gasteiger partial charge in [0.2, 0.25) is 0 Å². The van der Waals surface area contributed by atoms with Gasteiger partial charge in [-0.25, -0.2) is 9.79 Å². The summed E-state index contributed by atoms with van der Waals surface area (Å²) in [5.74, 6) is -0.336. The van der Waals surface area contributed by atoms with Crippen molar-refractivity contribution >= 4 is 23.3 Å². The summed E-state index contributed by atoms with van der Waals surface area (Å²) in [5.41, 5.74) is 0. The van der Waals surface area contributed by atoms with Crippen molar-refractivity contribution in [1.29, 1.82) is 0 Å². The highest BCUT2D eigenvalue weighted by molar-refractivity contribution is 7.78. The van der Waals surface area contributed by atoms with Gasteiger partial charge >= 0.3 is 5.97 Å². The first-order valence-electron chi connectivity index (χ1n) is 3.54. The number of aliphatic imine (C=N–C) groups is 1. The van der Waals surface area contributed by atoms with Crippen LogP contribution in [0.1, 0.15) is 19.3 Å². The molecule has 1 rings (SSSR count). The van der Waals surface area contributed by atoms with Crippen molar-refractivity contribution in [3.05, 3.63) is 0 Å². The zero-order valence-electron chi connectivity index (χ0n) is 5.99. The highest BCUT2D eigenvalue weighted by Crippen LogP contribution is 2.34. The van der Waals surface area contributed by atoms with Gasteiger partial charge in [0.1, 0.15) is 0 Å². The molecule has 1 atom stereocenters. The largest absolute Gasteiger partial charge is 0.480 e. The molecule has 0 aromatic carbocycles. The first kappa shape index (κ1) is 8.37. The monoisotopic (exact) mass is 171 g/mol. The zero-order valence-corrected chi connectivity index (χ0v) is 6.80. The number of aliphatic carboxylic acids is 1. The predicted octanol–water partition coefficient (Wildman–Crippen LogP) is 1.34. The molecule has 1 aliphatic rings. The maximum atomic E-state index is 10.5. The van der Waals surface area contributed by atoms with Crippen LogP contribution in [0.25, 0.3) is 0 Å². The number of hydrogen-bond donors (Lipinski definition) is 1. The van der Waals surface area contributed by atoms with Gasteiger partial charge in [0, 0.05) is 0 Å². The highest BCUT2D eigenvalue weighted by atomic mass is 32.1. The average Bonchev–Trinajstić information content (AvgIpc) is 2.70. The lowest BCUT2D eigenvalue weighted by Gasteiger charge is -2.02. The van der Waals surface area contributed by atoms with Crippen LogP contribution >= 0.6 is 12.2 Å². The summed E-state index contributed by atoms with van der Waals surface area (Å²) < 4.78 is 0. The van der Waals surface area contributed by atoms with Crippen molar-refractivity contribution in [2.75, 3.05) is 0 Å². The number of nitrogens with zero attached hydrogens (tertiary/aromatic N) is 1. The number of carboxylic acid groups (broad SMARTS) is 1. The van der Waals surface area contributed by atoms with Gasteiger partial charge in [0.15, 0.2) is 6.04 Å². The van der Waals surface area contributed by atoms with Crippen LogP contribution in [0.15, 0.2) is 4.99 Å². The van der Waals surface area contributed by atoms with Gasteiger partial charge in [0.25, 0.3) is 0 Å². The molecule has 0 bridgehead atoms. The zero-order chi connectivity index (χ0) is 8.27. The van der Waals surface area contributed by atoms with Crippen LogP contribution in [-0.4, -0.2) is 22.3 Å². The van der Waals surface area contributed by atoms with Gasteiger partial charge in [-0.3, -0.25) is 0 Å². The lowest BCUT2D eigenvalue weighted by molar-refractivity contribution is -0.138. The topological polar surface area (TPSA) is 49.7 Å². The SMILES string of the molecule is O=C(O)[C@H](CC1CC1)N=C=S. The molecule has 0 saturated heterocycles. The summed E-state index contributed by atoms with van der Waals surface area (Å²) in [4.78, 5) is 14.0. The fourth-order valence-electron chi connectivity index (χ4n) is 0.942. The summed E-state index contributed by atoms with van der Waals surface area (Å²) in [7, 11) is 0. The van der Waals surface area contributed by atoms with Gasteiger partial charge < -0.3 is 5.11 Å². The van der Waals surface area contributed by atoms with Crippen LogP contribution in [0.3, 0.4) is 0 Å². The third-order valence-corrected chi connectivity index (χ3v) is 1.85. The summed E-state index contributed by atoms with van der Waals surface area (Å²) in [6, 6.07) is -0.653. The minimum atomic E-state index is -0.894. The van der Waals surface area contributed by atoms with E-state index in [1.165, 1.54) is 0 Å². The maximum absolute atomic E-state index is 10.5. The first-order valence-corrected chi connectivity index (χ1v) is 3.94. The van der Waals surface area contributed by atoms with E-state index in [4.69, 9.17) is 5.11 Å². The van der Waals surface area contributed by atoms with Crippen molar-refractivity contribution in [3.63, 3.8) is 0 Å². The van der Waals surface area contributed by atoms with Crippen LogP contribution < -0.4 is 0 Å². The van der Waals surface area contributed by atoms with Gasteiger partial charge in [-0.2, -0.15) is 0 Å². The van der Waals surface area contributed by atoms with Crippen molar-refractivity contribution in [2.24, 2.45) is 10.9 Å². The minimum absolute atomic E-state index is 0.559. The molecule has 60 valence electrons. The van der Waals surface area contributed by atoms with E-state index in [9.17, 15) is 4.79 Å². The molecule has 0 heterocycles. The Balaban J connectivity index is 2.43. The van der Waals surface area contributed by atoms with Gasteiger partial charge in [-0.15, -0.1) is 0 Å². The van der Waals surface area contributed by atoms with Gasteiger partial charge in [0.05, 0.1) is 5.16 Å². The number of isothiocyanates is 1. The summed E-state index contributed by atoms with van der Waals surface area (Å²) in [5, 5.41) is 10.7. The summed E-state index contributed by atoms with van der Waals surface area (Å²) in [6.45, 7) is 0. The molecule has 0 radical (unpaired) electrons. The fraction of sp³-hybridized carbons (Fsp3) is 0.714. The van der Waals surface area contributed by atoms with Crippen molar-refractivity contribution < 1.29 is 9.90 Å². The molecule has 1 N–H and O–H groups in total. The Bertz CT molecular complexity index is 204. The van der Waals surface area contributed by atoms with E-state index in [-0.39, 0.29) is 0 Å². The molecule has 1 aliphatic carbocycles. The van der Waals surface area contributed by atoms with Crippen LogP contribution in [0, 0.1) is 5.92 Å². The van der Waals surface area contributed by atoms with E-state index in [0.29, 0.717) is 12.3 Å². The lowest BCUT2D eigenvalue weighted by atomic mass is 10.1. The Kier molecular flexibility index (Phi) is 2.74. The standard InChI is InChI=1S/C7H9NO2S/c9-7(10)6(8-4-11)3-5-1-2-5/h5-6H,1-3H2,(H,9,10)/t6-/m0/s1. The van der Waals surface area contributed by atoms with E-state index < -0.39 is 12.0 Å². The molecule has 0 amide bonds. The smallest absolute Gasteiger partial charge is 0.329 e. The second-order valence-electron chi connectivity index (χ2n) is 2.75. The molecule has 11 heavy (non-hydrogen) atoms. The van der Waals surface area contributed by atoms with Gasteiger partial charge in [-0.1, -0.05) is 12.8 Å². The van der Waals surface area contributed by atoms with Gasteiger partial charge in [-0.05, 0) is 24.6 Å². The number of rotatable bonds is 4. The molecule has 1 saturated carbocycles. The molecule has 0 aliphatic heterocycles. The van der Waals surface area contributed by atoms with Crippen LogP contribution in [0.2, 0.25) is 0 Å².